The van der Waals surface area contributed by atoms with Crippen LogP contribution in [0.5, 0.6) is 0 Å². The predicted octanol–water partition coefficient (Wildman–Crippen LogP) is 4.42. The third kappa shape index (κ3) is 3.64. The van der Waals surface area contributed by atoms with Crippen molar-refractivity contribution in [3.8, 4) is 22.4 Å². The molecule has 7 nitrogen and oxygen atoms in total. The Kier molecular flexibility index (Phi) is 5.23. The number of hydrogen-bond acceptors (Lipinski definition) is 6. The fraction of sp³-hybridized carbons (Fsp3) is 0.100. The van der Waals surface area contributed by atoms with Gasteiger partial charge in [-0.05, 0) is 37.3 Å². The molecule has 4 aromatic rings. The van der Waals surface area contributed by atoms with Gasteiger partial charge in [-0.1, -0.05) is 11.3 Å². The molecule has 0 saturated carbocycles. The van der Waals surface area contributed by atoms with Crippen molar-refractivity contribution in [2.75, 3.05) is 17.6 Å². The van der Waals surface area contributed by atoms with Crippen molar-refractivity contribution in [3.05, 3.63) is 54.4 Å². The highest BCUT2D eigenvalue weighted by atomic mass is 32.1. The summed E-state index contributed by atoms with van der Waals surface area (Å²) >= 11 is 1.04. The number of halogens is 2. The van der Waals surface area contributed by atoms with E-state index in [0.717, 1.165) is 11.3 Å². The van der Waals surface area contributed by atoms with Gasteiger partial charge in [0, 0.05) is 35.6 Å². The zero-order valence-electron chi connectivity index (χ0n) is 15.7. The zero-order chi connectivity index (χ0) is 21.3. The molecule has 3 aromatic heterocycles. The summed E-state index contributed by atoms with van der Waals surface area (Å²) in [7, 11) is 0. The number of anilines is 2. The van der Waals surface area contributed by atoms with Crippen LogP contribution in [0.15, 0.2) is 42.7 Å². The Balaban J connectivity index is 1.95. The van der Waals surface area contributed by atoms with Crippen LogP contribution in [0.1, 0.15) is 6.92 Å². The molecule has 0 unspecified atom stereocenters. The van der Waals surface area contributed by atoms with Crippen LogP contribution in [0.2, 0.25) is 0 Å². The van der Waals surface area contributed by atoms with Crippen molar-refractivity contribution in [1.82, 2.24) is 20.3 Å². The third-order valence-electron chi connectivity index (χ3n) is 4.27. The van der Waals surface area contributed by atoms with Gasteiger partial charge in [-0.2, -0.15) is 0 Å². The summed E-state index contributed by atoms with van der Waals surface area (Å²) in [6.07, 6.45) is 2.88. The Bertz CT molecular complexity index is 1240. The van der Waals surface area contributed by atoms with E-state index in [9.17, 15) is 9.18 Å². The summed E-state index contributed by atoms with van der Waals surface area (Å²) in [5, 5.41) is 5.33. The molecule has 0 aliphatic rings. The number of urea groups is 1. The number of nitrogens with zero attached hydrogens (tertiary/aromatic N) is 3. The van der Waals surface area contributed by atoms with Gasteiger partial charge in [-0.3, -0.25) is 10.3 Å². The number of aromatic nitrogens is 3. The van der Waals surface area contributed by atoms with Crippen molar-refractivity contribution in [2.45, 2.75) is 6.92 Å². The first kappa shape index (κ1) is 19.6. The van der Waals surface area contributed by atoms with Crippen LogP contribution in [0.3, 0.4) is 0 Å². The van der Waals surface area contributed by atoms with Crippen LogP contribution in [0.25, 0.3) is 32.6 Å². The maximum absolute atomic E-state index is 15.4. The molecule has 0 aliphatic carbocycles. The van der Waals surface area contributed by atoms with Crippen LogP contribution in [0, 0.1) is 11.6 Å². The summed E-state index contributed by atoms with van der Waals surface area (Å²) < 4.78 is 30.3. The lowest BCUT2D eigenvalue weighted by molar-refractivity contribution is 0.252. The van der Waals surface area contributed by atoms with Crippen LogP contribution < -0.4 is 16.4 Å². The van der Waals surface area contributed by atoms with Crippen molar-refractivity contribution >= 4 is 38.5 Å². The number of nitrogen functional groups attached to an aromatic ring is 1. The second-order valence-corrected chi connectivity index (χ2v) is 7.27. The van der Waals surface area contributed by atoms with Gasteiger partial charge >= 0.3 is 6.03 Å². The topological polar surface area (TPSA) is 106 Å². The van der Waals surface area contributed by atoms with Gasteiger partial charge in [0.05, 0.1) is 4.70 Å². The third-order valence-corrected chi connectivity index (χ3v) is 5.28. The van der Waals surface area contributed by atoms with Gasteiger partial charge in [0.2, 0.25) is 0 Å². The number of pyridine rings is 2. The molecule has 152 valence electrons. The molecule has 0 spiro atoms. The lowest BCUT2D eigenvalue weighted by atomic mass is 10.0. The monoisotopic (exact) mass is 426 g/mol. The molecule has 2 amide bonds. The largest absolute Gasteiger partial charge is 0.384 e. The molecule has 0 fully saturated rings. The molecule has 0 radical (unpaired) electrons. The lowest BCUT2D eigenvalue weighted by Crippen LogP contribution is -2.28. The molecule has 4 rings (SSSR count). The summed E-state index contributed by atoms with van der Waals surface area (Å²) in [5.41, 5.74) is 6.67. The number of nitrogens with one attached hydrogen (secondary N) is 2. The second kappa shape index (κ2) is 7.99. The van der Waals surface area contributed by atoms with E-state index >= 15 is 4.39 Å². The molecule has 0 atom stereocenters. The van der Waals surface area contributed by atoms with Crippen LogP contribution in [-0.4, -0.2) is 27.5 Å². The van der Waals surface area contributed by atoms with Gasteiger partial charge in [-0.25, -0.2) is 23.5 Å². The smallest absolute Gasteiger partial charge is 0.321 e. The Morgan fingerprint density at radius 1 is 1.20 bits per heavy atom. The van der Waals surface area contributed by atoms with Gasteiger partial charge in [0.1, 0.15) is 22.8 Å². The fourth-order valence-electron chi connectivity index (χ4n) is 2.94. The average molecular weight is 426 g/mol. The first-order valence-corrected chi connectivity index (χ1v) is 9.80. The first-order chi connectivity index (χ1) is 14.5. The quantitative estimate of drug-likeness (QED) is 0.448. The molecule has 4 N–H and O–H groups in total. The minimum Gasteiger partial charge on any atom is -0.384 e. The number of fused-ring (bicyclic) bond motifs is 1. The Labute approximate surface area is 174 Å². The molecule has 0 saturated heterocycles. The second-order valence-electron chi connectivity index (χ2n) is 6.27. The number of benzene rings is 1. The highest BCUT2D eigenvalue weighted by Crippen LogP contribution is 2.40. The number of nitrogens with two attached hydrogens (primary N) is 1. The number of rotatable bonds is 4. The predicted molar refractivity (Wildman–Crippen MR) is 113 cm³/mol. The molecule has 0 aliphatic heterocycles. The Hall–Kier alpha value is -3.66. The van der Waals surface area contributed by atoms with E-state index in [0.29, 0.717) is 28.2 Å². The maximum atomic E-state index is 15.4. The van der Waals surface area contributed by atoms with Gasteiger partial charge < -0.3 is 11.1 Å². The van der Waals surface area contributed by atoms with Crippen LogP contribution >= 0.6 is 11.3 Å². The zero-order valence-corrected chi connectivity index (χ0v) is 16.6. The van der Waals surface area contributed by atoms with E-state index < -0.39 is 17.7 Å². The number of amides is 2. The van der Waals surface area contributed by atoms with E-state index in [-0.39, 0.29) is 21.9 Å². The van der Waals surface area contributed by atoms with Crippen LogP contribution in [0.4, 0.5) is 24.5 Å². The van der Waals surface area contributed by atoms with Crippen LogP contribution in [-0.2, 0) is 0 Å². The minimum absolute atomic E-state index is 0.00109. The average Bonchev–Trinajstić information content (AvgIpc) is 3.14. The van der Waals surface area contributed by atoms with E-state index in [2.05, 4.69) is 25.6 Å². The first-order valence-electron chi connectivity index (χ1n) is 8.98. The highest BCUT2D eigenvalue weighted by Gasteiger charge is 2.22. The summed E-state index contributed by atoms with van der Waals surface area (Å²) in [5.74, 6) is -0.881. The lowest BCUT2D eigenvalue weighted by Gasteiger charge is -2.09. The van der Waals surface area contributed by atoms with Gasteiger partial charge in [0.15, 0.2) is 10.9 Å². The molecular weight excluding hydrogens is 410 g/mol. The van der Waals surface area contributed by atoms with E-state index in [1.807, 2.05) is 0 Å². The van der Waals surface area contributed by atoms with Gasteiger partial charge in [-0.15, -0.1) is 0 Å². The highest BCUT2D eigenvalue weighted by molar-refractivity contribution is 7.22. The Morgan fingerprint density at radius 2 is 2.03 bits per heavy atom. The summed E-state index contributed by atoms with van der Waals surface area (Å²) in [4.78, 5) is 24.2. The van der Waals surface area contributed by atoms with E-state index in [4.69, 9.17) is 5.73 Å². The molecule has 1 aromatic carbocycles. The van der Waals surface area contributed by atoms with Crippen molar-refractivity contribution < 1.29 is 13.6 Å². The summed E-state index contributed by atoms with van der Waals surface area (Å²) in [6.45, 7) is 2.19. The molecule has 3 heterocycles. The minimum atomic E-state index is -0.614. The Morgan fingerprint density at radius 3 is 2.73 bits per heavy atom. The SMILES string of the molecule is CCNC(=O)Nc1nc2c(F)c(-c3ccc(N)nc3)cc(-c3ncccc3F)c2s1. The van der Waals surface area contributed by atoms with Crippen molar-refractivity contribution in [3.63, 3.8) is 0 Å². The van der Waals surface area contributed by atoms with E-state index in [1.54, 1.807) is 19.1 Å². The number of hydrogen-bond donors (Lipinski definition) is 3. The van der Waals surface area contributed by atoms with Crippen molar-refractivity contribution in [2.24, 2.45) is 0 Å². The van der Waals surface area contributed by atoms with E-state index in [1.165, 1.54) is 30.6 Å². The molecular formula is C20H16F2N6OS. The number of carbonyl (C=O) groups excluding carboxylic acids is 1. The number of carbonyl (C=O) groups is 1. The maximum Gasteiger partial charge on any atom is 0.321 e. The summed E-state index contributed by atoms with van der Waals surface area (Å²) in [6, 6.07) is 6.94. The normalized spacial score (nSPS) is 10.9. The molecule has 10 heteroatoms. The number of thiazole rings is 1. The fourth-order valence-corrected chi connectivity index (χ4v) is 3.91. The molecule has 0 bridgehead atoms. The van der Waals surface area contributed by atoms with Crippen molar-refractivity contribution in [1.29, 1.82) is 0 Å². The molecule has 30 heavy (non-hydrogen) atoms. The van der Waals surface area contributed by atoms with Gasteiger partial charge in [0.25, 0.3) is 0 Å². The standard InChI is InChI=1S/C20H16F2N6OS/c1-2-24-19(29)28-20-27-17-15(22)11(10-5-6-14(23)26-9-10)8-12(18(17)30-20)16-13(21)4-3-7-25-16/h3-9H,2H2,1H3,(H2,23,26)(H2,24,27,28,29).